The van der Waals surface area contributed by atoms with Crippen molar-refractivity contribution in [2.45, 2.75) is 44.9 Å². The molecular weight excluding hydrogens is 274 g/mol. The predicted octanol–water partition coefficient (Wildman–Crippen LogP) is 2.34. The zero-order valence-electron chi connectivity index (χ0n) is 12.6. The van der Waals surface area contributed by atoms with Gasteiger partial charge in [0.25, 0.3) is 0 Å². The fraction of sp³-hybridized carbons (Fsp3) is 0.467. The lowest BCUT2D eigenvalue weighted by Crippen LogP contribution is -2.18. The van der Waals surface area contributed by atoms with Gasteiger partial charge >= 0.3 is 0 Å². The summed E-state index contributed by atoms with van der Waals surface area (Å²) >= 11 is 0. The Labute approximate surface area is 121 Å². The lowest BCUT2D eigenvalue weighted by molar-refractivity contribution is 0.356. The first-order chi connectivity index (χ1) is 9.07. The van der Waals surface area contributed by atoms with E-state index in [4.69, 9.17) is 9.88 Å². The van der Waals surface area contributed by atoms with E-state index >= 15 is 0 Å². The van der Waals surface area contributed by atoms with Crippen molar-refractivity contribution in [2.24, 2.45) is 5.14 Å². The summed E-state index contributed by atoms with van der Waals surface area (Å²) in [5.41, 5.74) is 1.10. The van der Waals surface area contributed by atoms with Gasteiger partial charge in [-0.2, -0.15) is 0 Å². The Hall–Kier alpha value is -1.51. The quantitative estimate of drug-likeness (QED) is 0.870. The molecule has 0 unspecified atom stereocenters. The van der Waals surface area contributed by atoms with Crippen LogP contribution < -0.4 is 9.88 Å². The van der Waals surface area contributed by atoms with Crippen LogP contribution in [0.4, 0.5) is 0 Å². The smallest absolute Gasteiger partial charge is 0.238 e. The molecule has 0 aliphatic carbocycles. The number of sulfonamides is 1. The van der Waals surface area contributed by atoms with Gasteiger partial charge in [-0.1, -0.05) is 26.7 Å². The molecule has 0 atom stereocenters. The second-order valence-corrected chi connectivity index (χ2v) is 7.15. The third-order valence-electron chi connectivity index (χ3n) is 2.87. The summed E-state index contributed by atoms with van der Waals surface area (Å²) in [4.78, 5) is 0.136. The van der Waals surface area contributed by atoms with E-state index in [0.29, 0.717) is 11.3 Å². The molecule has 0 amide bonds. The Bertz CT molecular complexity index is 659. The van der Waals surface area contributed by atoms with Crippen LogP contribution in [0.3, 0.4) is 0 Å². The summed E-state index contributed by atoms with van der Waals surface area (Å²) < 4.78 is 28.9. The zero-order chi connectivity index (χ0) is 15.6. The number of rotatable bonds is 3. The van der Waals surface area contributed by atoms with Gasteiger partial charge < -0.3 is 4.74 Å². The third-order valence-corrected chi connectivity index (χ3v) is 3.92. The molecule has 0 aliphatic heterocycles. The number of primary sulfonamides is 1. The van der Waals surface area contributed by atoms with Crippen molar-refractivity contribution < 1.29 is 13.2 Å². The van der Waals surface area contributed by atoms with Crippen LogP contribution in [0, 0.1) is 18.8 Å². The molecule has 0 radical (unpaired) electrons. The number of benzene rings is 1. The van der Waals surface area contributed by atoms with Crippen molar-refractivity contribution in [3.63, 3.8) is 0 Å². The summed E-state index contributed by atoms with van der Waals surface area (Å²) in [6, 6.07) is 3.30. The molecule has 0 fully saturated rings. The molecule has 2 N–H and O–H groups in total. The highest BCUT2D eigenvalue weighted by Crippen LogP contribution is 2.34. The molecule has 0 heterocycles. The van der Waals surface area contributed by atoms with Gasteiger partial charge in [-0.25, -0.2) is 13.6 Å². The molecule has 20 heavy (non-hydrogen) atoms. The molecule has 0 saturated carbocycles. The number of nitrogens with two attached hydrogens (primary N) is 1. The maximum Gasteiger partial charge on any atom is 0.238 e. The molecule has 5 heteroatoms. The zero-order valence-corrected chi connectivity index (χ0v) is 13.4. The molecule has 110 valence electrons. The van der Waals surface area contributed by atoms with E-state index in [-0.39, 0.29) is 16.9 Å². The molecule has 0 saturated heterocycles. The number of hydrogen-bond acceptors (Lipinski definition) is 3. The van der Waals surface area contributed by atoms with Crippen molar-refractivity contribution in [2.75, 3.05) is 6.61 Å². The number of ether oxygens (including phenoxy) is 1. The SMILES string of the molecule is CC#CCOc1cc(C)c(S(N)(=O)=O)cc1C(C)(C)C. The first-order valence-electron chi connectivity index (χ1n) is 6.27. The third kappa shape index (κ3) is 3.99. The Kier molecular flexibility index (Phi) is 4.85. The average Bonchev–Trinajstić information content (AvgIpc) is 2.25. The van der Waals surface area contributed by atoms with Crippen LogP contribution in [0.25, 0.3) is 0 Å². The summed E-state index contributed by atoms with van der Waals surface area (Å²) in [5, 5.41) is 5.25. The number of hydrogen-bond donors (Lipinski definition) is 1. The highest BCUT2D eigenvalue weighted by atomic mass is 32.2. The molecule has 1 aromatic rings. The van der Waals surface area contributed by atoms with Crippen LogP contribution in [-0.2, 0) is 15.4 Å². The predicted molar refractivity (Wildman–Crippen MR) is 80.2 cm³/mol. The minimum atomic E-state index is -3.74. The van der Waals surface area contributed by atoms with E-state index in [1.807, 2.05) is 20.8 Å². The van der Waals surface area contributed by atoms with Gasteiger partial charge in [0.2, 0.25) is 10.0 Å². The minimum Gasteiger partial charge on any atom is -0.481 e. The van der Waals surface area contributed by atoms with Crippen molar-refractivity contribution in [1.29, 1.82) is 0 Å². The fourth-order valence-corrected chi connectivity index (χ4v) is 2.65. The van der Waals surface area contributed by atoms with Crippen LogP contribution >= 0.6 is 0 Å². The second-order valence-electron chi connectivity index (χ2n) is 5.62. The monoisotopic (exact) mass is 295 g/mol. The summed E-state index contributed by atoms with van der Waals surface area (Å²) in [6.45, 7) is 9.68. The van der Waals surface area contributed by atoms with Gasteiger partial charge in [0.1, 0.15) is 12.4 Å². The largest absolute Gasteiger partial charge is 0.481 e. The van der Waals surface area contributed by atoms with E-state index in [0.717, 1.165) is 5.56 Å². The fourth-order valence-electron chi connectivity index (χ4n) is 1.86. The van der Waals surface area contributed by atoms with E-state index in [2.05, 4.69) is 11.8 Å². The van der Waals surface area contributed by atoms with Crippen LogP contribution in [0.5, 0.6) is 5.75 Å². The van der Waals surface area contributed by atoms with E-state index in [9.17, 15) is 8.42 Å². The lowest BCUT2D eigenvalue weighted by Gasteiger charge is -2.24. The maximum absolute atomic E-state index is 11.6. The molecule has 1 rings (SSSR count). The van der Waals surface area contributed by atoms with Gasteiger partial charge in [-0.15, -0.1) is 5.92 Å². The van der Waals surface area contributed by atoms with Gasteiger partial charge in [0.15, 0.2) is 0 Å². The van der Waals surface area contributed by atoms with Crippen LogP contribution in [0.1, 0.15) is 38.8 Å². The van der Waals surface area contributed by atoms with Crippen LogP contribution in [-0.4, -0.2) is 15.0 Å². The van der Waals surface area contributed by atoms with E-state index in [1.165, 1.54) is 0 Å². The Morgan fingerprint density at radius 1 is 1.30 bits per heavy atom. The normalized spacial score (nSPS) is 11.7. The summed E-state index contributed by atoms with van der Waals surface area (Å²) in [6.07, 6.45) is 0. The first-order valence-corrected chi connectivity index (χ1v) is 7.82. The Morgan fingerprint density at radius 2 is 1.90 bits per heavy atom. The molecular formula is C15H21NO3S. The van der Waals surface area contributed by atoms with E-state index in [1.54, 1.807) is 26.0 Å². The number of aryl methyl sites for hydroxylation is 1. The van der Waals surface area contributed by atoms with Gasteiger partial charge in [0.05, 0.1) is 4.90 Å². The van der Waals surface area contributed by atoms with E-state index < -0.39 is 10.0 Å². The highest BCUT2D eigenvalue weighted by molar-refractivity contribution is 7.89. The molecule has 4 nitrogen and oxygen atoms in total. The molecule has 0 aromatic heterocycles. The molecule has 0 bridgehead atoms. The minimum absolute atomic E-state index is 0.136. The first kappa shape index (κ1) is 16.5. The van der Waals surface area contributed by atoms with Crippen molar-refractivity contribution in [3.8, 4) is 17.6 Å². The average molecular weight is 295 g/mol. The van der Waals surface area contributed by atoms with Gasteiger partial charge in [-0.3, -0.25) is 0 Å². The summed E-state index contributed by atoms with van der Waals surface area (Å²) in [7, 11) is -3.74. The standard InChI is InChI=1S/C15H21NO3S/c1-6-7-8-19-13-9-11(2)14(20(16,17)18)10-12(13)15(3,4)5/h9-10H,8H2,1-5H3,(H2,16,17,18). The lowest BCUT2D eigenvalue weighted by atomic mass is 9.86. The van der Waals surface area contributed by atoms with Crippen LogP contribution in [0.15, 0.2) is 17.0 Å². The highest BCUT2D eigenvalue weighted by Gasteiger charge is 2.23. The topological polar surface area (TPSA) is 69.4 Å². The van der Waals surface area contributed by atoms with Gasteiger partial charge in [-0.05, 0) is 37.0 Å². The second kappa shape index (κ2) is 5.86. The molecule has 1 aromatic carbocycles. The maximum atomic E-state index is 11.6. The van der Waals surface area contributed by atoms with Crippen molar-refractivity contribution in [3.05, 3.63) is 23.3 Å². The van der Waals surface area contributed by atoms with Crippen LogP contribution in [0.2, 0.25) is 0 Å². The molecule has 0 spiro atoms. The van der Waals surface area contributed by atoms with Crippen molar-refractivity contribution in [1.82, 2.24) is 0 Å². The summed E-state index contributed by atoms with van der Waals surface area (Å²) in [5.74, 6) is 6.22. The van der Waals surface area contributed by atoms with Gasteiger partial charge in [0, 0.05) is 5.56 Å². The van der Waals surface area contributed by atoms with Crippen molar-refractivity contribution >= 4 is 10.0 Å². The Balaban J connectivity index is 3.44. The Morgan fingerprint density at radius 3 is 2.35 bits per heavy atom. The molecule has 0 aliphatic rings.